The van der Waals surface area contributed by atoms with E-state index < -0.39 is 0 Å². The first-order valence-corrected chi connectivity index (χ1v) is 6.72. The first kappa shape index (κ1) is 14.6. The van der Waals surface area contributed by atoms with Gasteiger partial charge < -0.3 is 15.5 Å². The van der Waals surface area contributed by atoms with Crippen molar-refractivity contribution in [2.24, 2.45) is 0 Å². The number of thioether (sulfide) groups is 1. The second-order valence-electron chi connectivity index (χ2n) is 3.58. The quantitative estimate of drug-likeness (QED) is 0.615. The summed E-state index contributed by atoms with van der Waals surface area (Å²) in [7, 11) is 3.48. The standard InChI is InChI=1S/C10H23N3OS/c1-13(2)10(14)12-8-7-11-6-4-5-9-15-3/h11H,4-9H2,1-3H3,(H,12,14). The molecule has 5 heteroatoms. The lowest BCUT2D eigenvalue weighted by atomic mass is 10.3. The third kappa shape index (κ3) is 9.87. The van der Waals surface area contributed by atoms with Crippen molar-refractivity contribution in [2.75, 3.05) is 45.7 Å². The zero-order valence-electron chi connectivity index (χ0n) is 10.0. The smallest absolute Gasteiger partial charge is 0.316 e. The number of carbonyl (C=O) groups is 1. The highest BCUT2D eigenvalue weighted by atomic mass is 32.2. The van der Waals surface area contributed by atoms with Crippen molar-refractivity contribution >= 4 is 17.8 Å². The van der Waals surface area contributed by atoms with Gasteiger partial charge in [-0.2, -0.15) is 11.8 Å². The van der Waals surface area contributed by atoms with E-state index in [1.807, 2.05) is 11.8 Å². The monoisotopic (exact) mass is 233 g/mol. The van der Waals surface area contributed by atoms with E-state index in [0.717, 1.165) is 13.1 Å². The Kier molecular flexibility index (Phi) is 9.83. The van der Waals surface area contributed by atoms with Crippen LogP contribution in [0.25, 0.3) is 0 Å². The van der Waals surface area contributed by atoms with Gasteiger partial charge in [-0.1, -0.05) is 0 Å². The molecule has 0 saturated carbocycles. The summed E-state index contributed by atoms with van der Waals surface area (Å²) in [5.74, 6) is 1.24. The van der Waals surface area contributed by atoms with Gasteiger partial charge in [0, 0.05) is 27.2 Å². The molecule has 0 aromatic rings. The van der Waals surface area contributed by atoms with Crippen LogP contribution in [0.2, 0.25) is 0 Å². The first-order valence-electron chi connectivity index (χ1n) is 5.33. The van der Waals surface area contributed by atoms with Gasteiger partial charge in [-0.15, -0.1) is 0 Å². The Hall–Kier alpha value is -0.420. The van der Waals surface area contributed by atoms with Crippen molar-refractivity contribution in [3.8, 4) is 0 Å². The SMILES string of the molecule is CSCCCCNCCNC(=O)N(C)C. The summed E-state index contributed by atoms with van der Waals surface area (Å²) in [4.78, 5) is 12.6. The maximum Gasteiger partial charge on any atom is 0.316 e. The summed E-state index contributed by atoms with van der Waals surface area (Å²) >= 11 is 1.89. The normalized spacial score (nSPS) is 10.1. The van der Waals surface area contributed by atoms with E-state index in [0.29, 0.717) is 6.54 Å². The summed E-state index contributed by atoms with van der Waals surface area (Å²) in [6.45, 7) is 2.58. The topological polar surface area (TPSA) is 44.4 Å². The van der Waals surface area contributed by atoms with Gasteiger partial charge in [0.25, 0.3) is 0 Å². The third-order valence-electron chi connectivity index (χ3n) is 1.94. The Labute approximate surface area is 97.2 Å². The fourth-order valence-corrected chi connectivity index (χ4v) is 1.53. The second kappa shape index (κ2) is 10.1. The molecule has 0 fully saturated rings. The summed E-state index contributed by atoms with van der Waals surface area (Å²) in [5, 5.41) is 6.10. The maximum absolute atomic E-state index is 11.1. The van der Waals surface area contributed by atoms with E-state index in [9.17, 15) is 4.79 Å². The molecule has 0 bridgehead atoms. The molecular formula is C10H23N3OS. The van der Waals surface area contributed by atoms with Crippen LogP contribution in [-0.4, -0.2) is 56.7 Å². The molecule has 4 nitrogen and oxygen atoms in total. The van der Waals surface area contributed by atoms with E-state index in [1.165, 1.54) is 18.6 Å². The number of hydrogen-bond donors (Lipinski definition) is 2. The van der Waals surface area contributed by atoms with Gasteiger partial charge in [0.2, 0.25) is 0 Å². The number of hydrogen-bond acceptors (Lipinski definition) is 3. The van der Waals surface area contributed by atoms with Gasteiger partial charge in [-0.25, -0.2) is 4.79 Å². The van der Waals surface area contributed by atoms with Crippen LogP contribution in [0.1, 0.15) is 12.8 Å². The van der Waals surface area contributed by atoms with Gasteiger partial charge >= 0.3 is 6.03 Å². The van der Waals surface area contributed by atoms with Crippen molar-refractivity contribution in [1.29, 1.82) is 0 Å². The van der Waals surface area contributed by atoms with Crippen LogP contribution < -0.4 is 10.6 Å². The predicted octanol–water partition coefficient (Wildman–Crippen LogP) is 0.990. The molecule has 0 spiro atoms. The molecule has 15 heavy (non-hydrogen) atoms. The second-order valence-corrected chi connectivity index (χ2v) is 4.56. The lowest BCUT2D eigenvalue weighted by Crippen LogP contribution is -2.38. The first-order chi connectivity index (χ1) is 7.18. The van der Waals surface area contributed by atoms with Gasteiger partial charge in [0.05, 0.1) is 0 Å². The minimum Gasteiger partial charge on any atom is -0.337 e. The lowest BCUT2D eigenvalue weighted by molar-refractivity contribution is 0.217. The molecule has 90 valence electrons. The highest BCUT2D eigenvalue weighted by Gasteiger charge is 1.99. The van der Waals surface area contributed by atoms with Gasteiger partial charge in [-0.3, -0.25) is 0 Å². The van der Waals surface area contributed by atoms with Gasteiger partial charge in [0.15, 0.2) is 0 Å². The van der Waals surface area contributed by atoms with Crippen LogP contribution in [0.15, 0.2) is 0 Å². The van der Waals surface area contributed by atoms with Crippen LogP contribution in [0.5, 0.6) is 0 Å². The van der Waals surface area contributed by atoms with Crippen molar-refractivity contribution in [3.63, 3.8) is 0 Å². The van der Waals surface area contributed by atoms with E-state index >= 15 is 0 Å². The summed E-state index contributed by atoms with van der Waals surface area (Å²) in [5.41, 5.74) is 0. The van der Waals surface area contributed by atoms with Crippen molar-refractivity contribution in [3.05, 3.63) is 0 Å². The molecular weight excluding hydrogens is 210 g/mol. The molecule has 0 atom stereocenters. The fourth-order valence-electron chi connectivity index (χ4n) is 1.04. The number of urea groups is 1. The number of rotatable bonds is 8. The molecule has 2 N–H and O–H groups in total. The van der Waals surface area contributed by atoms with Gasteiger partial charge in [-0.05, 0) is 31.4 Å². The van der Waals surface area contributed by atoms with Crippen LogP contribution >= 0.6 is 11.8 Å². The van der Waals surface area contributed by atoms with E-state index in [2.05, 4.69) is 16.9 Å². The number of nitrogens with zero attached hydrogens (tertiary/aromatic N) is 1. The summed E-state index contributed by atoms with van der Waals surface area (Å²) in [6, 6.07) is -0.0285. The third-order valence-corrected chi connectivity index (χ3v) is 2.63. The van der Waals surface area contributed by atoms with E-state index in [4.69, 9.17) is 0 Å². The molecule has 0 radical (unpaired) electrons. The number of unbranched alkanes of at least 4 members (excludes halogenated alkanes) is 1. The van der Waals surface area contributed by atoms with Crippen LogP contribution in [0.4, 0.5) is 4.79 Å². The number of nitrogens with one attached hydrogen (secondary N) is 2. The maximum atomic E-state index is 11.1. The molecule has 0 rings (SSSR count). The Morgan fingerprint density at radius 1 is 1.20 bits per heavy atom. The molecule has 0 aromatic carbocycles. The molecule has 0 aliphatic rings. The average molecular weight is 233 g/mol. The van der Waals surface area contributed by atoms with Crippen LogP contribution in [0, 0.1) is 0 Å². The molecule has 0 saturated heterocycles. The molecule has 0 unspecified atom stereocenters. The summed E-state index contributed by atoms with van der Waals surface area (Å²) in [6.07, 6.45) is 4.60. The molecule has 2 amide bonds. The Morgan fingerprint density at radius 3 is 2.53 bits per heavy atom. The van der Waals surface area contributed by atoms with E-state index in [1.54, 1.807) is 19.0 Å². The minimum absolute atomic E-state index is 0.0285. The minimum atomic E-state index is -0.0285. The molecule has 0 aliphatic carbocycles. The molecule has 0 aliphatic heterocycles. The average Bonchev–Trinajstić information content (AvgIpc) is 2.21. The van der Waals surface area contributed by atoms with Crippen molar-refractivity contribution < 1.29 is 4.79 Å². The highest BCUT2D eigenvalue weighted by Crippen LogP contribution is 1.97. The molecule has 0 aromatic heterocycles. The number of carbonyl (C=O) groups excluding carboxylic acids is 1. The van der Waals surface area contributed by atoms with Gasteiger partial charge in [0.1, 0.15) is 0 Å². The fraction of sp³-hybridized carbons (Fsp3) is 0.900. The number of amides is 2. The molecule has 0 heterocycles. The largest absolute Gasteiger partial charge is 0.337 e. The van der Waals surface area contributed by atoms with Crippen LogP contribution in [-0.2, 0) is 0 Å². The zero-order valence-corrected chi connectivity index (χ0v) is 10.8. The van der Waals surface area contributed by atoms with Crippen molar-refractivity contribution in [2.45, 2.75) is 12.8 Å². The Bertz CT molecular complexity index is 165. The Balaban J connectivity index is 3.08. The predicted molar refractivity (Wildman–Crippen MR) is 67.6 cm³/mol. The Morgan fingerprint density at radius 2 is 1.93 bits per heavy atom. The zero-order chi connectivity index (χ0) is 11.5. The van der Waals surface area contributed by atoms with Crippen LogP contribution in [0.3, 0.4) is 0 Å². The lowest BCUT2D eigenvalue weighted by Gasteiger charge is -2.12. The highest BCUT2D eigenvalue weighted by molar-refractivity contribution is 7.98. The van der Waals surface area contributed by atoms with Crippen molar-refractivity contribution in [1.82, 2.24) is 15.5 Å². The van der Waals surface area contributed by atoms with E-state index in [-0.39, 0.29) is 6.03 Å². The summed E-state index contributed by atoms with van der Waals surface area (Å²) < 4.78 is 0.